The number of hydrogen-bond acceptors (Lipinski definition) is 2. The summed E-state index contributed by atoms with van der Waals surface area (Å²) in [6.07, 6.45) is 1.69. The van der Waals surface area contributed by atoms with Crippen LogP contribution in [0.2, 0.25) is 5.02 Å². The van der Waals surface area contributed by atoms with Gasteiger partial charge in [-0.15, -0.1) is 0 Å². The Morgan fingerprint density at radius 3 is 2.56 bits per heavy atom. The summed E-state index contributed by atoms with van der Waals surface area (Å²) < 4.78 is 0.679. The number of hydrogen-bond donors (Lipinski definition) is 2. The van der Waals surface area contributed by atoms with Crippen LogP contribution in [0.4, 0.5) is 0 Å². The molecule has 1 saturated carbocycles. The first-order valence-electron chi connectivity index (χ1n) is 5.47. The summed E-state index contributed by atoms with van der Waals surface area (Å²) in [7, 11) is 0. The zero-order valence-electron chi connectivity index (χ0n) is 9.32. The van der Waals surface area contributed by atoms with Gasteiger partial charge in [0.1, 0.15) is 6.04 Å². The third kappa shape index (κ3) is 3.23. The molecule has 18 heavy (non-hydrogen) atoms. The number of carbonyl (C=O) groups is 2. The van der Waals surface area contributed by atoms with Crippen molar-refractivity contribution in [3.63, 3.8) is 0 Å². The highest BCUT2D eigenvalue weighted by atomic mass is 79.9. The largest absolute Gasteiger partial charge is 0.480 e. The SMILES string of the molecule is O=C(NC(C(=O)O)C1CC1)c1cc(Cl)cc(Br)c1. The lowest BCUT2D eigenvalue weighted by molar-refractivity contribution is -0.139. The minimum Gasteiger partial charge on any atom is -0.480 e. The maximum absolute atomic E-state index is 11.9. The van der Waals surface area contributed by atoms with Gasteiger partial charge in [0.25, 0.3) is 5.91 Å². The average molecular weight is 333 g/mol. The summed E-state index contributed by atoms with van der Waals surface area (Å²) in [5.41, 5.74) is 0.348. The number of rotatable bonds is 4. The molecule has 4 nitrogen and oxygen atoms in total. The third-order valence-electron chi connectivity index (χ3n) is 2.77. The Balaban J connectivity index is 2.13. The van der Waals surface area contributed by atoms with Crippen LogP contribution in [0, 0.1) is 5.92 Å². The normalized spacial score (nSPS) is 16.1. The van der Waals surface area contributed by atoms with Gasteiger partial charge in [-0.3, -0.25) is 4.79 Å². The molecule has 0 spiro atoms. The Morgan fingerprint density at radius 2 is 2.06 bits per heavy atom. The van der Waals surface area contributed by atoms with E-state index in [-0.39, 0.29) is 5.92 Å². The highest BCUT2D eigenvalue weighted by Crippen LogP contribution is 2.33. The number of carboxylic acid groups (broad SMARTS) is 1. The quantitative estimate of drug-likeness (QED) is 0.891. The molecule has 0 radical (unpaired) electrons. The van der Waals surface area contributed by atoms with E-state index in [2.05, 4.69) is 21.2 Å². The Bertz CT molecular complexity index is 482. The summed E-state index contributed by atoms with van der Waals surface area (Å²) in [6.45, 7) is 0. The molecule has 1 unspecified atom stereocenters. The molecule has 2 N–H and O–H groups in total. The van der Waals surface area contributed by atoms with Crippen LogP contribution >= 0.6 is 27.5 Å². The highest BCUT2D eigenvalue weighted by molar-refractivity contribution is 9.10. The maximum atomic E-state index is 11.9. The molecule has 96 valence electrons. The molecule has 1 aliphatic rings. The molecule has 1 fully saturated rings. The van der Waals surface area contributed by atoms with E-state index in [0.29, 0.717) is 15.1 Å². The zero-order chi connectivity index (χ0) is 13.3. The molecule has 0 bridgehead atoms. The summed E-state index contributed by atoms with van der Waals surface area (Å²) in [6, 6.07) is 3.96. The topological polar surface area (TPSA) is 66.4 Å². The van der Waals surface area contributed by atoms with Crippen molar-refractivity contribution in [2.24, 2.45) is 5.92 Å². The number of carboxylic acids is 1. The second kappa shape index (κ2) is 5.28. The number of carbonyl (C=O) groups excluding carboxylic acids is 1. The van der Waals surface area contributed by atoms with Gasteiger partial charge in [-0.05, 0) is 37.0 Å². The molecule has 0 aliphatic heterocycles. The molecule has 1 aromatic rings. The minimum atomic E-state index is -0.994. The molecule has 2 rings (SSSR count). The number of halogens is 2. The van der Waals surface area contributed by atoms with Gasteiger partial charge >= 0.3 is 5.97 Å². The van der Waals surface area contributed by atoms with E-state index in [1.54, 1.807) is 12.1 Å². The Morgan fingerprint density at radius 1 is 1.39 bits per heavy atom. The van der Waals surface area contributed by atoms with E-state index in [0.717, 1.165) is 12.8 Å². The molecule has 1 amide bonds. The first-order chi connectivity index (χ1) is 8.47. The van der Waals surface area contributed by atoms with Crippen molar-refractivity contribution in [2.45, 2.75) is 18.9 Å². The first kappa shape index (κ1) is 13.4. The van der Waals surface area contributed by atoms with Crippen molar-refractivity contribution in [3.8, 4) is 0 Å². The van der Waals surface area contributed by atoms with Gasteiger partial charge in [-0.2, -0.15) is 0 Å². The molecule has 0 aromatic heterocycles. The molecule has 1 aromatic carbocycles. The van der Waals surface area contributed by atoms with Crippen LogP contribution in [0.25, 0.3) is 0 Å². The van der Waals surface area contributed by atoms with Gasteiger partial charge in [0, 0.05) is 15.1 Å². The predicted molar refractivity (Wildman–Crippen MR) is 70.8 cm³/mol. The second-order valence-electron chi connectivity index (χ2n) is 4.28. The summed E-state index contributed by atoms with van der Waals surface area (Å²) >= 11 is 9.08. The molecule has 0 saturated heterocycles. The monoisotopic (exact) mass is 331 g/mol. The summed E-state index contributed by atoms with van der Waals surface area (Å²) in [4.78, 5) is 23.0. The van der Waals surface area contributed by atoms with E-state index in [1.807, 2.05) is 0 Å². The molecule has 6 heteroatoms. The molecular formula is C12H11BrClNO3. The van der Waals surface area contributed by atoms with Crippen molar-refractivity contribution in [3.05, 3.63) is 33.3 Å². The third-order valence-corrected chi connectivity index (χ3v) is 3.45. The Labute approximate surface area is 117 Å². The average Bonchev–Trinajstić information content (AvgIpc) is 3.07. The van der Waals surface area contributed by atoms with E-state index in [1.165, 1.54) is 6.07 Å². The van der Waals surface area contributed by atoms with Gasteiger partial charge in [0.15, 0.2) is 0 Å². The van der Waals surface area contributed by atoms with Crippen LogP contribution in [0.5, 0.6) is 0 Å². The maximum Gasteiger partial charge on any atom is 0.326 e. The standard InChI is InChI=1S/C12H11BrClNO3/c13-8-3-7(4-9(14)5-8)11(16)15-10(12(17)18)6-1-2-6/h3-6,10H,1-2H2,(H,15,16)(H,17,18). The lowest BCUT2D eigenvalue weighted by Crippen LogP contribution is -2.42. The van der Waals surface area contributed by atoms with E-state index in [9.17, 15) is 9.59 Å². The zero-order valence-corrected chi connectivity index (χ0v) is 11.7. The van der Waals surface area contributed by atoms with Crippen LogP contribution < -0.4 is 5.32 Å². The van der Waals surface area contributed by atoms with Gasteiger partial charge in [-0.25, -0.2) is 4.79 Å². The van der Waals surface area contributed by atoms with E-state index in [4.69, 9.17) is 16.7 Å². The molecule has 1 aliphatic carbocycles. The molecular weight excluding hydrogens is 321 g/mol. The van der Waals surface area contributed by atoms with Crippen molar-refractivity contribution in [2.75, 3.05) is 0 Å². The fraction of sp³-hybridized carbons (Fsp3) is 0.333. The van der Waals surface area contributed by atoms with Crippen LogP contribution in [0.15, 0.2) is 22.7 Å². The fourth-order valence-electron chi connectivity index (χ4n) is 1.72. The number of aliphatic carboxylic acids is 1. The van der Waals surface area contributed by atoms with E-state index < -0.39 is 17.9 Å². The second-order valence-corrected chi connectivity index (χ2v) is 5.64. The van der Waals surface area contributed by atoms with Crippen molar-refractivity contribution >= 4 is 39.4 Å². The lowest BCUT2D eigenvalue weighted by atomic mass is 10.1. The smallest absolute Gasteiger partial charge is 0.326 e. The first-order valence-corrected chi connectivity index (χ1v) is 6.64. The van der Waals surface area contributed by atoms with Gasteiger partial charge in [0.05, 0.1) is 0 Å². The van der Waals surface area contributed by atoms with Crippen molar-refractivity contribution in [1.29, 1.82) is 0 Å². The van der Waals surface area contributed by atoms with Crippen LogP contribution in [0.1, 0.15) is 23.2 Å². The van der Waals surface area contributed by atoms with Crippen LogP contribution in [0.3, 0.4) is 0 Å². The molecule has 1 atom stereocenters. The Hall–Kier alpha value is -1.07. The van der Waals surface area contributed by atoms with Gasteiger partial charge in [-0.1, -0.05) is 27.5 Å². The Kier molecular flexibility index (Phi) is 3.92. The van der Waals surface area contributed by atoms with Crippen LogP contribution in [-0.2, 0) is 4.79 Å². The number of benzene rings is 1. The lowest BCUT2D eigenvalue weighted by Gasteiger charge is -2.13. The predicted octanol–water partition coefficient (Wildman–Crippen LogP) is 2.70. The van der Waals surface area contributed by atoms with Crippen molar-refractivity contribution in [1.82, 2.24) is 5.32 Å². The van der Waals surface area contributed by atoms with Gasteiger partial charge < -0.3 is 10.4 Å². The summed E-state index contributed by atoms with van der Waals surface area (Å²) in [5.74, 6) is -1.36. The number of amides is 1. The number of nitrogens with one attached hydrogen (secondary N) is 1. The van der Waals surface area contributed by atoms with Crippen LogP contribution in [-0.4, -0.2) is 23.0 Å². The molecule has 0 heterocycles. The van der Waals surface area contributed by atoms with Gasteiger partial charge in [0.2, 0.25) is 0 Å². The fourth-order valence-corrected chi connectivity index (χ4v) is 2.58. The minimum absolute atomic E-state index is 0.0501. The van der Waals surface area contributed by atoms with E-state index >= 15 is 0 Å². The highest BCUT2D eigenvalue weighted by Gasteiger charge is 2.37. The summed E-state index contributed by atoms with van der Waals surface area (Å²) in [5, 5.41) is 12.0. The van der Waals surface area contributed by atoms with Crippen molar-refractivity contribution < 1.29 is 14.7 Å².